The lowest BCUT2D eigenvalue weighted by Crippen LogP contribution is -2.56. The first kappa shape index (κ1) is 25.8. The van der Waals surface area contributed by atoms with Crippen molar-refractivity contribution in [2.24, 2.45) is 0 Å². The largest absolute Gasteiger partial charge is 0.465 e. The number of benzene rings is 2. The molecule has 180 valence electrons. The summed E-state index contributed by atoms with van der Waals surface area (Å²) in [7, 11) is -1.07. The van der Waals surface area contributed by atoms with Gasteiger partial charge in [0, 0.05) is 24.9 Å². The van der Waals surface area contributed by atoms with E-state index in [1.54, 1.807) is 13.3 Å². The molecular weight excluding hydrogens is 442 g/mol. The van der Waals surface area contributed by atoms with E-state index in [0.29, 0.717) is 18.1 Å². The number of hydrogen-bond donors (Lipinski definition) is 0. The molecule has 1 aromatic heterocycles. The van der Waals surface area contributed by atoms with Crippen LogP contribution >= 0.6 is 0 Å². The fraction of sp³-hybridized carbons (Fsp3) is 0.357. The van der Waals surface area contributed by atoms with E-state index < -0.39 is 8.32 Å². The van der Waals surface area contributed by atoms with Crippen LogP contribution in [0, 0.1) is 0 Å². The summed E-state index contributed by atoms with van der Waals surface area (Å²) in [5.74, 6) is 0.407. The highest BCUT2D eigenvalue weighted by molar-refractivity contribution is 6.89. The molecule has 5 nitrogen and oxygen atoms in total. The topological polar surface area (TPSA) is 57.6 Å². The van der Waals surface area contributed by atoms with Gasteiger partial charge in [-0.15, -0.1) is 0 Å². The zero-order valence-corrected chi connectivity index (χ0v) is 21.8. The predicted octanol–water partition coefficient (Wildman–Crippen LogP) is 5.68. The van der Waals surface area contributed by atoms with Crippen molar-refractivity contribution in [3.8, 4) is 5.75 Å². The number of pyridine rings is 1. The summed E-state index contributed by atoms with van der Waals surface area (Å²) < 4.78 is 18.2. The third-order valence-electron chi connectivity index (χ3n) is 6.15. The molecule has 0 unspecified atom stereocenters. The number of Topliss-reactive ketones (excluding diaryl/α,β-unsaturated/α-hetero) is 1. The van der Waals surface area contributed by atoms with E-state index in [9.17, 15) is 4.79 Å². The first-order chi connectivity index (χ1) is 16.4. The van der Waals surface area contributed by atoms with Gasteiger partial charge in [-0.25, -0.2) is 4.98 Å². The van der Waals surface area contributed by atoms with Gasteiger partial charge in [0.05, 0.1) is 6.61 Å². The number of methoxy groups -OCH3 is 1. The number of ether oxygens (including phenoxy) is 2. The Labute approximate surface area is 204 Å². The van der Waals surface area contributed by atoms with E-state index in [1.807, 2.05) is 54.6 Å². The molecule has 0 radical (unpaired) electrons. The molecule has 6 heteroatoms. The fourth-order valence-corrected chi connectivity index (χ4v) is 9.25. The second-order valence-corrected chi connectivity index (χ2v) is 13.8. The van der Waals surface area contributed by atoms with Gasteiger partial charge in [0.2, 0.25) is 8.32 Å². The van der Waals surface area contributed by atoms with Crippen LogP contribution in [0.1, 0.15) is 49.3 Å². The van der Waals surface area contributed by atoms with Crippen molar-refractivity contribution in [2.75, 3.05) is 13.9 Å². The van der Waals surface area contributed by atoms with Gasteiger partial charge in [0.25, 0.3) is 0 Å². The summed E-state index contributed by atoms with van der Waals surface area (Å²) in [6, 6.07) is 21.9. The van der Waals surface area contributed by atoms with Crippen LogP contribution in [0.2, 0.25) is 11.1 Å². The molecule has 3 aromatic rings. The zero-order chi connectivity index (χ0) is 24.6. The molecule has 0 saturated heterocycles. The Kier molecular flexibility index (Phi) is 9.16. The van der Waals surface area contributed by atoms with Crippen LogP contribution in [0.4, 0.5) is 0 Å². The summed E-state index contributed by atoms with van der Waals surface area (Å²) in [5.41, 5.74) is 2.87. The van der Waals surface area contributed by atoms with Crippen LogP contribution in [0.25, 0.3) is 0 Å². The van der Waals surface area contributed by atoms with Gasteiger partial charge >= 0.3 is 0 Å². The number of carbonyl (C=O) groups is 1. The zero-order valence-electron chi connectivity index (χ0n) is 20.8. The van der Waals surface area contributed by atoms with Crippen molar-refractivity contribution in [2.45, 2.75) is 51.8 Å². The Hall–Kier alpha value is -2.80. The molecule has 0 N–H and O–H groups in total. The third-order valence-corrected chi connectivity index (χ3v) is 11.4. The second-order valence-electron chi connectivity index (χ2n) is 9.05. The summed E-state index contributed by atoms with van der Waals surface area (Å²) in [6.45, 7) is 9.32. The van der Waals surface area contributed by atoms with Crippen molar-refractivity contribution in [3.63, 3.8) is 0 Å². The lowest BCUT2D eigenvalue weighted by molar-refractivity contribution is 0.0504. The summed E-state index contributed by atoms with van der Waals surface area (Å²) in [4.78, 5) is 17.9. The van der Waals surface area contributed by atoms with E-state index in [0.717, 1.165) is 16.3 Å². The summed E-state index contributed by atoms with van der Waals surface area (Å²) in [6.07, 6.45) is 1.97. The van der Waals surface area contributed by atoms with Crippen molar-refractivity contribution < 1.29 is 18.7 Å². The Balaban J connectivity index is 2.08. The van der Waals surface area contributed by atoms with Crippen LogP contribution in [-0.2, 0) is 22.2 Å². The van der Waals surface area contributed by atoms with Crippen LogP contribution in [-0.4, -0.2) is 33.0 Å². The van der Waals surface area contributed by atoms with Gasteiger partial charge in [0.1, 0.15) is 5.69 Å². The fourth-order valence-electron chi connectivity index (χ4n) is 4.56. The quantitative estimate of drug-likeness (QED) is 0.191. The van der Waals surface area contributed by atoms with E-state index in [4.69, 9.17) is 13.9 Å². The van der Waals surface area contributed by atoms with E-state index in [2.05, 4.69) is 44.8 Å². The van der Waals surface area contributed by atoms with Crippen LogP contribution in [0.5, 0.6) is 5.75 Å². The number of ketones is 1. The molecule has 0 fully saturated rings. The molecule has 3 rings (SSSR count). The minimum absolute atomic E-state index is 0.0314. The van der Waals surface area contributed by atoms with Gasteiger partial charge < -0.3 is 13.9 Å². The SMILES string of the molecule is COCOc1c([Si](OCc2ccccc2)(C(C)C)C(C)C)ccnc1C(=O)Cc1ccccc1. The molecule has 34 heavy (non-hydrogen) atoms. The lowest BCUT2D eigenvalue weighted by Gasteiger charge is -2.40. The molecule has 0 bridgehead atoms. The standard InChI is InChI=1S/C28H35NO4Si/c1-21(2)34(22(3)4,33-19-24-14-10-7-11-15-24)26-16-17-29-27(28(26)32-20-31-5)25(30)18-23-12-8-6-9-13-23/h6-17,21-22H,18-20H2,1-5H3. The van der Waals surface area contributed by atoms with Gasteiger partial charge in [-0.3, -0.25) is 4.79 Å². The van der Waals surface area contributed by atoms with E-state index in [1.165, 1.54) is 0 Å². The molecule has 0 aliphatic heterocycles. The van der Waals surface area contributed by atoms with E-state index in [-0.39, 0.29) is 30.1 Å². The second kappa shape index (κ2) is 12.1. The Morgan fingerprint density at radius 2 is 1.47 bits per heavy atom. The highest BCUT2D eigenvalue weighted by Crippen LogP contribution is 2.37. The molecule has 0 saturated carbocycles. The normalized spacial score (nSPS) is 11.7. The Morgan fingerprint density at radius 1 is 0.882 bits per heavy atom. The lowest BCUT2D eigenvalue weighted by atomic mass is 10.1. The molecule has 2 aromatic carbocycles. The van der Waals surface area contributed by atoms with Crippen molar-refractivity contribution in [1.29, 1.82) is 0 Å². The molecular formula is C28H35NO4Si. The van der Waals surface area contributed by atoms with Gasteiger partial charge in [-0.05, 0) is 28.3 Å². The summed E-state index contributed by atoms with van der Waals surface area (Å²) >= 11 is 0. The Bertz CT molecular complexity index is 1050. The van der Waals surface area contributed by atoms with Crippen LogP contribution < -0.4 is 9.92 Å². The maximum atomic E-state index is 13.4. The van der Waals surface area contributed by atoms with Gasteiger partial charge in [-0.2, -0.15) is 0 Å². The number of nitrogens with zero attached hydrogens (tertiary/aromatic N) is 1. The highest BCUT2D eigenvalue weighted by Gasteiger charge is 2.47. The van der Waals surface area contributed by atoms with Gasteiger partial charge in [0.15, 0.2) is 18.3 Å². The molecule has 0 spiro atoms. The number of hydrogen-bond acceptors (Lipinski definition) is 5. The molecule has 1 heterocycles. The average molecular weight is 478 g/mol. The third kappa shape index (κ3) is 5.81. The van der Waals surface area contributed by atoms with Crippen molar-refractivity contribution in [3.05, 3.63) is 89.7 Å². The first-order valence-electron chi connectivity index (χ1n) is 11.8. The maximum absolute atomic E-state index is 13.4. The van der Waals surface area contributed by atoms with Crippen LogP contribution in [0.15, 0.2) is 72.9 Å². The van der Waals surface area contributed by atoms with Crippen LogP contribution in [0.3, 0.4) is 0 Å². The van der Waals surface area contributed by atoms with Crippen molar-refractivity contribution in [1.82, 2.24) is 4.98 Å². The predicted molar refractivity (Wildman–Crippen MR) is 138 cm³/mol. The summed E-state index contributed by atoms with van der Waals surface area (Å²) in [5, 5.41) is 0.955. The van der Waals surface area contributed by atoms with Crippen molar-refractivity contribution >= 4 is 19.3 Å². The minimum atomic E-state index is -2.65. The minimum Gasteiger partial charge on any atom is -0.465 e. The molecule has 0 amide bonds. The number of rotatable bonds is 12. The van der Waals surface area contributed by atoms with Gasteiger partial charge in [-0.1, -0.05) is 88.4 Å². The Morgan fingerprint density at radius 3 is 2.03 bits per heavy atom. The highest BCUT2D eigenvalue weighted by atomic mass is 28.4. The molecule has 0 atom stereocenters. The number of aromatic nitrogens is 1. The number of carbonyl (C=O) groups excluding carboxylic acids is 1. The average Bonchev–Trinajstić information content (AvgIpc) is 2.84. The molecule has 0 aliphatic rings. The monoisotopic (exact) mass is 477 g/mol. The smallest absolute Gasteiger partial charge is 0.233 e. The first-order valence-corrected chi connectivity index (χ1v) is 13.8. The maximum Gasteiger partial charge on any atom is 0.233 e. The molecule has 0 aliphatic carbocycles. The van der Waals surface area contributed by atoms with E-state index >= 15 is 0 Å².